The van der Waals surface area contributed by atoms with Crippen LogP contribution in [-0.2, 0) is 13.1 Å². The summed E-state index contributed by atoms with van der Waals surface area (Å²) >= 11 is 0. The van der Waals surface area contributed by atoms with Crippen LogP contribution >= 0.6 is 0 Å². The summed E-state index contributed by atoms with van der Waals surface area (Å²) in [6.45, 7) is 3.33. The summed E-state index contributed by atoms with van der Waals surface area (Å²) < 4.78 is 2.01. The second kappa shape index (κ2) is 6.92. The third kappa shape index (κ3) is 3.48. The highest BCUT2D eigenvalue weighted by Gasteiger charge is 2.08. The molecule has 0 saturated carbocycles. The van der Waals surface area contributed by atoms with Crippen LogP contribution in [0.15, 0.2) is 67.0 Å². The number of hydrogen-bond donors (Lipinski definition) is 1. The molecule has 23 heavy (non-hydrogen) atoms. The van der Waals surface area contributed by atoms with E-state index in [0.29, 0.717) is 12.1 Å². The zero-order valence-electron chi connectivity index (χ0n) is 13.1. The molecule has 0 spiro atoms. The van der Waals surface area contributed by atoms with Crippen LogP contribution in [0.25, 0.3) is 11.1 Å². The van der Waals surface area contributed by atoms with Crippen molar-refractivity contribution in [3.63, 3.8) is 0 Å². The largest absolute Gasteiger partial charge is 0.345 e. The fraction of sp³-hybridized carbons (Fsp3) is 0.158. The second-order valence-corrected chi connectivity index (χ2v) is 5.26. The number of nitrogens with zero attached hydrogens (tertiary/aromatic N) is 2. The molecule has 1 aromatic heterocycles. The molecule has 3 rings (SSSR count). The van der Waals surface area contributed by atoms with Gasteiger partial charge in [0, 0.05) is 24.5 Å². The van der Waals surface area contributed by atoms with Gasteiger partial charge in [-0.15, -0.1) is 0 Å². The van der Waals surface area contributed by atoms with Gasteiger partial charge in [0.1, 0.15) is 5.82 Å². The molecular formula is C19H19N3O. The summed E-state index contributed by atoms with van der Waals surface area (Å²) in [6.07, 6.45) is 3.66. The normalized spacial score (nSPS) is 10.5. The summed E-state index contributed by atoms with van der Waals surface area (Å²) in [6, 6.07) is 17.8. The van der Waals surface area contributed by atoms with E-state index in [0.717, 1.165) is 23.5 Å². The molecule has 0 saturated heterocycles. The van der Waals surface area contributed by atoms with Crippen LogP contribution in [0.4, 0.5) is 0 Å². The summed E-state index contributed by atoms with van der Waals surface area (Å²) in [5, 5.41) is 2.91. The van der Waals surface area contributed by atoms with Crippen molar-refractivity contribution < 1.29 is 4.79 Å². The molecule has 0 unspecified atom stereocenters. The van der Waals surface area contributed by atoms with Crippen LogP contribution in [0.3, 0.4) is 0 Å². The molecule has 4 heteroatoms. The Hall–Kier alpha value is -2.88. The molecule has 1 heterocycles. The predicted molar refractivity (Wildman–Crippen MR) is 90.9 cm³/mol. The number of hydrogen-bond acceptors (Lipinski definition) is 2. The van der Waals surface area contributed by atoms with E-state index in [4.69, 9.17) is 0 Å². The first-order chi connectivity index (χ1) is 11.3. The first-order valence-corrected chi connectivity index (χ1v) is 7.71. The van der Waals surface area contributed by atoms with Gasteiger partial charge < -0.3 is 9.88 Å². The number of benzene rings is 2. The highest BCUT2D eigenvalue weighted by molar-refractivity contribution is 5.94. The zero-order chi connectivity index (χ0) is 16.1. The average molecular weight is 305 g/mol. The van der Waals surface area contributed by atoms with Gasteiger partial charge in [0.25, 0.3) is 5.91 Å². The number of nitrogens with one attached hydrogen (secondary N) is 1. The minimum absolute atomic E-state index is 0.0877. The number of carbonyl (C=O) groups is 1. The van der Waals surface area contributed by atoms with Gasteiger partial charge in [-0.2, -0.15) is 0 Å². The van der Waals surface area contributed by atoms with Gasteiger partial charge >= 0.3 is 0 Å². The molecule has 0 atom stereocenters. The molecule has 3 aromatic rings. The zero-order valence-corrected chi connectivity index (χ0v) is 13.1. The van der Waals surface area contributed by atoms with E-state index >= 15 is 0 Å². The fourth-order valence-electron chi connectivity index (χ4n) is 2.50. The lowest BCUT2D eigenvalue weighted by Crippen LogP contribution is -2.24. The lowest BCUT2D eigenvalue weighted by Gasteiger charge is -2.08. The van der Waals surface area contributed by atoms with E-state index in [1.54, 1.807) is 6.20 Å². The Bertz CT molecular complexity index is 776. The van der Waals surface area contributed by atoms with Crippen molar-refractivity contribution in [2.45, 2.75) is 20.0 Å². The van der Waals surface area contributed by atoms with E-state index in [-0.39, 0.29) is 5.91 Å². The number of carbonyl (C=O) groups excluding carboxylic acids is 1. The molecule has 116 valence electrons. The van der Waals surface area contributed by atoms with Gasteiger partial charge in [0.15, 0.2) is 0 Å². The molecule has 0 aliphatic carbocycles. The van der Waals surface area contributed by atoms with Crippen molar-refractivity contribution in [3.8, 4) is 11.1 Å². The van der Waals surface area contributed by atoms with Crippen LogP contribution in [0.5, 0.6) is 0 Å². The number of rotatable bonds is 5. The Kier molecular flexibility index (Phi) is 4.52. The maximum absolute atomic E-state index is 12.2. The van der Waals surface area contributed by atoms with Gasteiger partial charge in [-0.3, -0.25) is 4.79 Å². The molecule has 0 bridgehead atoms. The van der Waals surface area contributed by atoms with E-state index < -0.39 is 0 Å². The van der Waals surface area contributed by atoms with Gasteiger partial charge in [0.05, 0.1) is 6.54 Å². The van der Waals surface area contributed by atoms with Gasteiger partial charge in [0.2, 0.25) is 0 Å². The number of imidazole rings is 1. The Morgan fingerprint density at radius 2 is 1.74 bits per heavy atom. The molecule has 0 aliphatic heterocycles. The molecule has 0 fully saturated rings. The minimum atomic E-state index is -0.0877. The summed E-state index contributed by atoms with van der Waals surface area (Å²) in [5.74, 6) is 0.775. The lowest BCUT2D eigenvalue weighted by molar-refractivity contribution is 0.0949. The lowest BCUT2D eigenvalue weighted by atomic mass is 10.0. The molecule has 0 aliphatic rings. The highest BCUT2D eigenvalue weighted by atomic mass is 16.1. The standard InChI is InChI=1S/C19H19N3O/c1-2-22-13-12-20-18(22)14-21-19(23)17-10-8-16(9-11-17)15-6-4-3-5-7-15/h3-13H,2,14H2,1H3,(H,21,23). The van der Waals surface area contributed by atoms with Crippen LogP contribution in [-0.4, -0.2) is 15.5 Å². The van der Waals surface area contributed by atoms with E-state index in [2.05, 4.69) is 29.4 Å². The molecule has 1 amide bonds. The van der Waals surface area contributed by atoms with Crippen LogP contribution in [0.1, 0.15) is 23.1 Å². The first kappa shape index (κ1) is 15.0. The van der Waals surface area contributed by atoms with Crippen LogP contribution in [0.2, 0.25) is 0 Å². The first-order valence-electron chi connectivity index (χ1n) is 7.71. The maximum atomic E-state index is 12.2. The topological polar surface area (TPSA) is 46.9 Å². The van der Waals surface area contributed by atoms with E-state index in [1.807, 2.05) is 53.2 Å². The van der Waals surface area contributed by atoms with Crippen molar-refractivity contribution >= 4 is 5.91 Å². The third-order valence-electron chi connectivity index (χ3n) is 3.80. The number of aromatic nitrogens is 2. The molecule has 0 radical (unpaired) electrons. The van der Waals surface area contributed by atoms with Crippen LogP contribution < -0.4 is 5.32 Å². The average Bonchev–Trinajstić information content (AvgIpc) is 3.08. The Morgan fingerprint density at radius 3 is 2.43 bits per heavy atom. The molecule has 4 nitrogen and oxygen atoms in total. The molecule has 2 aromatic carbocycles. The van der Waals surface area contributed by atoms with Gasteiger partial charge in [-0.1, -0.05) is 42.5 Å². The van der Waals surface area contributed by atoms with E-state index in [9.17, 15) is 4.79 Å². The maximum Gasteiger partial charge on any atom is 0.251 e. The Balaban J connectivity index is 1.66. The predicted octanol–water partition coefficient (Wildman–Crippen LogP) is 3.50. The van der Waals surface area contributed by atoms with Crippen molar-refractivity contribution in [2.75, 3.05) is 0 Å². The summed E-state index contributed by atoms with van der Waals surface area (Å²) in [7, 11) is 0. The van der Waals surface area contributed by atoms with Crippen molar-refractivity contribution in [1.82, 2.24) is 14.9 Å². The fourth-order valence-corrected chi connectivity index (χ4v) is 2.50. The number of aryl methyl sites for hydroxylation is 1. The van der Waals surface area contributed by atoms with E-state index in [1.165, 1.54) is 0 Å². The van der Waals surface area contributed by atoms with Crippen molar-refractivity contribution in [3.05, 3.63) is 78.4 Å². The highest BCUT2D eigenvalue weighted by Crippen LogP contribution is 2.19. The molecule has 1 N–H and O–H groups in total. The third-order valence-corrected chi connectivity index (χ3v) is 3.80. The Labute approximate surface area is 135 Å². The minimum Gasteiger partial charge on any atom is -0.345 e. The molecular weight excluding hydrogens is 286 g/mol. The quantitative estimate of drug-likeness (QED) is 0.784. The SMILES string of the molecule is CCn1ccnc1CNC(=O)c1ccc(-c2ccccc2)cc1. The van der Waals surface area contributed by atoms with Crippen LogP contribution in [0, 0.1) is 0 Å². The second-order valence-electron chi connectivity index (χ2n) is 5.26. The van der Waals surface area contributed by atoms with Crippen molar-refractivity contribution in [2.24, 2.45) is 0 Å². The summed E-state index contributed by atoms with van der Waals surface area (Å²) in [4.78, 5) is 16.5. The van der Waals surface area contributed by atoms with Gasteiger partial charge in [-0.05, 0) is 30.2 Å². The monoisotopic (exact) mass is 305 g/mol. The van der Waals surface area contributed by atoms with Gasteiger partial charge in [-0.25, -0.2) is 4.98 Å². The number of amides is 1. The summed E-state index contributed by atoms with van der Waals surface area (Å²) in [5.41, 5.74) is 2.90. The van der Waals surface area contributed by atoms with Crippen molar-refractivity contribution in [1.29, 1.82) is 0 Å². The Morgan fingerprint density at radius 1 is 1.04 bits per heavy atom. The smallest absolute Gasteiger partial charge is 0.251 e.